The molecule has 0 fully saturated rings. The standard InChI is InChI=1S/C18H31N3O2/c1-5-19-18(20-12-9-13-23-15(3)4)21-14-16-10-7-8-11-17(16)22-6-2/h7-8,10-11,15H,5-6,9,12-14H2,1-4H3,(H2,19,20,21). The van der Waals surface area contributed by atoms with E-state index in [0.717, 1.165) is 43.4 Å². The summed E-state index contributed by atoms with van der Waals surface area (Å²) in [7, 11) is 0. The normalized spacial score (nSPS) is 11.6. The molecule has 0 saturated heterocycles. The van der Waals surface area contributed by atoms with Crippen LogP contribution < -0.4 is 15.4 Å². The number of rotatable bonds is 10. The Balaban J connectivity index is 2.51. The molecule has 0 aliphatic rings. The number of ether oxygens (including phenoxy) is 2. The first kappa shape index (κ1) is 19.3. The maximum atomic E-state index is 5.64. The third-order valence-electron chi connectivity index (χ3n) is 3.09. The van der Waals surface area contributed by atoms with Gasteiger partial charge >= 0.3 is 0 Å². The highest BCUT2D eigenvalue weighted by Crippen LogP contribution is 2.18. The monoisotopic (exact) mass is 321 g/mol. The minimum absolute atomic E-state index is 0.284. The molecule has 0 unspecified atom stereocenters. The van der Waals surface area contributed by atoms with E-state index in [1.165, 1.54) is 0 Å². The molecule has 0 aliphatic heterocycles. The van der Waals surface area contributed by atoms with Crippen LogP contribution in [0.1, 0.15) is 39.7 Å². The van der Waals surface area contributed by atoms with E-state index in [4.69, 9.17) is 9.47 Å². The number of hydrogen-bond donors (Lipinski definition) is 2. The minimum atomic E-state index is 0.284. The van der Waals surface area contributed by atoms with Crippen molar-refractivity contribution in [1.82, 2.24) is 10.6 Å². The van der Waals surface area contributed by atoms with Crippen LogP contribution in [0.4, 0.5) is 0 Å². The van der Waals surface area contributed by atoms with Crippen molar-refractivity contribution in [3.05, 3.63) is 29.8 Å². The first-order valence-corrected chi connectivity index (χ1v) is 8.51. The molecular weight excluding hydrogens is 290 g/mol. The zero-order valence-electron chi connectivity index (χ0n) is 14.9. The third kappa shape index (κ3) is 8.45. The molecule has 23 heavy (non-hydrogen) atoms. The van der Waals surface area contributed by atoms with E-state index in [1.807, 2.05) is 25.1 Å². The van der Waals surface area contributed by atoms with Crippen molar-refractivity contribution in [3.8, 4) is 5.75 Å². The molecule has 2 N–H and O–H groups in total. The summed E-state index contributed by atoms with van der Waals surface area (Å²) in [6.45, 7) is 11.8. The van der Waals surface area contributed by atoms with Crippen LogP contribution in [0.25, 0.3) is 0 Å². The van der Waals surface area contributed by atoms with Crippen molar-refractivity contribution in [2.75, 3.05) is 26.3 Å². The Labute approximate surface area is 140 Å². The summed E-state index contributed by atoms with van der Waals surface area (Å²) in [5.74, 6) is 1.73. The van der Waals surface area contributed by atoms with Gasteiger partial charge in [0.25, 0.3) is 0 Å². The van der Waals surface area contributed by atoms with Gasteiger partial charge in [0.1, 0.15) is 5.75 Å². The second-order valence-electron chi connectivity index (χ2n) is 5.44. The topological polar surface area (TPSA) is 54.9 Å². The van der Waals surface area contributed by atoms with Crippen LogP contribution in [-0.2, 0) is 11.3 Å². The Morgan fingerprint density at radius 3 is 2.65 bits per heavy atom. The fourth-order valence-electron chi connectivity index (χ4n) is 2.03. The predicted molar refractivity (Wildman–Crippen MR) is 96.1 cm³/mol. The molecule has 5 nitrogen and oxygen atoms in total. The summed E-state index contributed by atoms with van der Waals surface area (Å²) in [6, 6.07) is 8.03. The van der Waals surface area contributed by atoms with E-state index in [0.29, 0.717) is 13.2 Å². The van der Waals surface area contributed by atoms with Crippen molar-refractivity contribution in [2.45, 2.75) is 46.8 Å². The molecule has 0 atom stereocenters. The van der Waals surface area contributed by atoms with Crippen LogP contribution in [0.3, 0.4) is 0 Å². The first-order chi connectivity index (χ1) is 11.2. The Morgan fingerprint density at radius 2 is 1.96 bits per heavy atom. The second kappa shape index (κ2) is 11.8. The molecule has 0 saturated carbocycles. The van der Waals surface area contributed by atoms with Gasteiger partial charge in [0.15, 0.2) is 5.96 Å². The number of aliphatic imine (C=N–C) groups is 1. The first-order valence-electron chi connectivity index (χ1n) is 8.51. The van der Waals surface area contributed by atoms with E-state index >= 15 is 0 Å². The quantitative estimate of drug-likeness (QED) is 0.395. The van der Waals surface area contributed by atoms with E-state index < -0.39 is 0 Å². The summed E-state index contributed by atoms with van der Waals surface area (Å²) in [6.07, 6.45) is 1.24. The Bertz CT molecular complexity index is 461. The lowest BCUT2D eigenvalue weighted by Crippen LogP contribution is -2.38. The lowest BCUT2D eigenvalue weighted by molar-refractivity contribution is 0.0776. The van der Waals surface area contributed by atoms with Gasteiger partial charge in [0.05, 0.1) is 19.3 Å². The number of guanidine groups is 1. The van der Waals surface area contributed by atoms with E-state index in [9.17, 15) is 0 Å². The molecule has 1 rings (SSSR count). The fraction of sp³-hybridized carbons (Fsp3) is 0.611. The lowest BCUT2D eigenvalue weighted by Gasteiger charge is -2.13. The second-order valence-corrected chi connectivity index (χ2v) is 5.44. The van der Waals surface area contributed by atoms with Crippen LogP contribution in [-0.4, -0.2) is 38.4 Å². The molecule has 1 aromatic carbocycles. The highest BCUT2D eigenvalue weighted by atomic mass is 16.5. The molecule has 0 amide bonds. The fourth-order valence-corrected chi connectivity index (χ4v) is 2.03. The molecular formula is C18H31N3O2. The zero-order chi connectivity index (χ0) is 16.9. The van der Waals surface area contributed by atoms with Gasteiger partial charge in [0, 0.05) is 25.3 Å². The summed E-state index contributed by atoms with van der Waals surface area (Å²) >= 11 is 0. The number of para-hydroxylation sites is 1. The van der Waals surface area contributed by atoms with Gasteiger partial charge in [0.2, 0.25) is 0 Å². The molecule has 0 bridgehead atoms. The predicted octanol–water partition coefficient (Wildman–Crippen LogP) is 2.96. The van der Waals surface area contributed by atoms with Gasteiger partial charge in [-0.2, -0.15) is 0 Å². The largest absolute Gasteiger partial charge is 0.494 e. The average molecular weight is 321 g/mol. The molecule has 130 valence electrons. The molecule has 0 spiro atoms. The SMILES string of the molecule is CCNC(=NCc1ccccc1OCC)NCCCOC(C)C. The van der Waals surface area contributed by atoms with Crippen LogP contribution in [0.5, 0.6) is 5.75 Å². The Kier molecular flexibility index (Phi) is 9.87. The maximum Gasteiger partial charge on any atom is 0.191 e. The van der Waals surface area contributed by atoms with Crippen molar-refractivity contribution >= 4 is 5.96 Å². The lowest BCUT2D eigenvalue weighted by atomic mass is 10.2. The van der Waals surface area contributed by atoms with Crippen LogP contribution >= 0.6 is 0 Å². The van der Waals surface area contributed by atoms with E-state index in [1.54, 1.807) is 0 Å². The summed E-state index contributed by atoms with van der Waals surface area (Å²) in [5, 5.41) is 6.60. The van der Waals surface area contributed by atoms with E-state index in [2.05, 4.69) is 42.5 Å². The van der Waals surface area contributed by atoms with Gasteiger partial charge in [-0.1, -0.05) is 18.2 Å². The highest BCUT2D eigenvalue weighted by molar-refractivity contribution is 5.79. The molecule has 0 aliphatic carbocycles. The van der Waals surface area contributed by atoms with Gasteiger partial charge < -0.3 is 20.1 Å². The van der Waals surface area contributed by atoms with Crippen molar-refractivity contribution < 1.29 is 9.47 Å². The number of hydrogen-bond acceptors (Lipinski definition) is 3. The third-order valence-corrected chi connectivity index (χ3v) is 3.09. The molecule has 5 heteroatoms. The van der Waals surface area contributed by atoms with Crippen molar-refractivity contribution in [3.63, 3.8) is 0 Å². The molecule has 0 radical (unpaired) electrons. The molecule has 0 aromatic heterocycles. The average Bonchev–Trinajstić information content (AvgIpc) is 2.53. The highest BCUT2D eigenvalue weighted by Gasteiger charge is 2.03. The Hall–Kier alpha value is -1.75. The molecule has 0 heterocycles. The summed E-state index contributed by atoms with van der Waals surface area (Å²) in [5.41, 5.74) is 1.09. The van der Waals surface area contributed by atoms with Crippen LogP contribution in [0, 0.1) is 0 Å². The van der Waals surface area contributed by atoms with Crippen LogP contribution in [0.15, 0.2) is 29.3 Å². The summed E-state index contributed by atoms with van der Waals surface area (Å²) in [4.78, 5) is 4.63. The van der Waals surface area contributed by atoms with Gasteiger partial charge in [-0.25, -0.2) is 4.99 Å². The maximum absolute atomic E-state index is 5.64. The number of nitrogens with one attached hydrogen (secondary N) is 2. The van der Waals surface area contributed by atoms with E-state index in [-0.39, 0.29) is 6.10 Å². The Morgan fingerprint density at radius 1 is 1.17 bits per heavy atom. The van der Waals surface area contributed by atoms with Gasteiger partial charge in [-0.15, -0.1) is 0 Å². The van der Waals surface area contributed by atoms with Gasteiger partial charge in [-0.05, 0) is 40.2 Å². The van der Waals surface area contributed by atoms with Crippen molar-refractivity contribution in [2.24, 2.45) is 4.99 Å². The summed E-state index contributed by atoms with van der Waals surface area (Å²) < 4.78 is 11.2. The van der Waals surface area contributed by atoms with Crippen molar-refractivity contribution in [1.29, 1.82) is 0 Å². The number of benzene rings is 1. The smallest absolute Gasteiger partial charge is 0.191 e. The van der Waals surface area contributed by atoms with Gasteiger partial charge in [-0.3, -0.25) is 0 Å². The molecule has 1 aromatic rings. The van der Waals surface area contributed by atoms with Crippen LogP contribution in [0.2, 0.25) is 0 Å². The zero-order valence-corrected chi connectivity index (χ0v) is 14.9. The number of nitrogens with zero attached hydrogens (tertiary/aromatic N) is 1. The minimum Gasteiger partial charge on any atom is -0.494 e.